The number of hydrogen-bond donors (Lipinski definition) is 0. The average molecular weight is 254 g/mol. The molecule has 2 nitrogen and oxygen atoms in total. The molecule has 0 aliphatic carbocycles. The first-order chi connectivity index (χ1) is 6.65. The van der Waals surface area contributed by atoms with Gasteiger partial charge in [0.15, 0.2) is 0 Å². The Bertz CT molecular complexity index is 487. The highest BCUT2D eigenvalue weighted by molar-refractivity contribution is 9.10. The molecule has 0 aliphatic heterocycles. The summed E-state index contributed by atoms with van der Waals surface area (Å²) in [6, 6.07) is 6.12. The molecule has 0 atom stereocenters. The van der Waals surface area contributed by atoms with Crippen molar-refractivity contribution in [2.24, 2.45) is 7.05 Å². The standard InChI is InChI=1S/C11H12BrNO/c1-7-9-6-8(14-3)4-5-10(9)13(2)11(7)12/h4-6H,1-3H3. The maximum absolute atomic E-state index is 5.20. The van der Waals surface area contributed by atoms with Crippen molar-refractivity contribution < 1.29 is 4.74 Å². The molecular weight excluding hydrogens is 242 g/mol. The molecule has 0 saturated heterocycles. The number of halogens is 1. The molecule has 2 rings (SSSR count). The minimum Gasteiger partial charge on any atom is -0.497 e. The van der Waals surface area contributed by atoms with Gasteiger partial charge in [-0.2, -0.15) is 0 Å². The third kappa shape index (κ3) is 1.23. The molecule has 1 aromatic heterocycles. The second kappa shape index (κ2) is 3.31. The SMILES string of the molecule is COc1ccc2c(c1)c(C)c(Br)n2C. The van der Waals surface area contributed by atoms with Crippen LogP contribution in [0.25, 0.3) is 10.9 Å². The maximum atomic E-state index is 5.20. The molecule has 0 aliphatic rings. The fraction of sp³-hybridized carbons (Fsp3) is 0.273. The number of aromatic nitrogens is 1. The Morgan fingerprint density at radius 2 is 2.07 bits per heavy atom. The van der Waals surface area contributed by atoms with E-state index >= 15 is 0 Å². The van der Waals surface area contributed by atoms with Crippen molar-refractivity contribution in [3.63, 3.8) is 0 Å². The summed E-state index contributed by atoms with van der Waals surface area (Å²) >= 11 is 3.56. The second-order valence-electron chi connectivity index (χ2n) is 3.36. The normalized spacial score (nSPS) is 10.9. The summed E-state index contributed by atoms with van der Waals surface area (Å²) < 4.78 is 8.46. The Balaban J connectivity index is 2.82. The van der Waals surface area contributed by atoms with Gasteiger partial charge in [-0.25, -0.2) is 0 Å². The van der Waals surface area contributed by atoms with Gasteiger partial charge >= 0.3 is 0 Å². The molecule has 0 unspecified atom stereocenters. The minimum atomic E-state index is 0.902. The van der Waals surface area contributed by atoms with Crippen LogP contribution < -0.4 is 4.74 Å². The smallest absolute Gasteiger partial charge is 0.119 e. The highest BCUT2D eigenvalue weighted by atomic mass is 79.9. The van der Waals surface area contributed by atoms with E-state index in [-0.39, 0.29) is 0 Å². The van der Waals surface area contributed by atoms with E-state index in [1.54, 1.807) is 7.11 Å². The van der Waals surface area contributed by atoms with Gasteiger partial charge in [-0.3, -0.25) is 0 Å². The first kappa shape index (κ1) is 9.59. The maximum Gasteiger partial charge on any atom is 0.119 e. The number of aryl methyl sites for hydroxylation is 2. The summed E-state index contributed by atoms with van der Waals surface area (Å²) in [4.78, 5) is 0. The third-order valence-electron chi connectivity index (χ3n) is 2.57. The number of methoxy groups -OCH3 is 1. The molecule has 0 saturated carbocycles. The molecular formula is C11H12BrNO. The Morgan fingerprint density at radius 1 is 1.36 bits per heavy atom. The van der Waals surface area contributed by atoms with Crippen LogP contribution in [0.2, 0.25) is 0 Å². The van der Waals surface area contributed by atoms with Gasteiger partial charge in [0.1, 0.15) is 5.75 Å². The lowest BCUT2D eigenvalue weighted by molar-refractivity contribution is 0.415. The molecule has 74 valence electrons. The number of rotatable bonds is 1. The number of hydrogen-bond acceptors (Lipinski definition) is 1. The zero-order valence-electron chi connectivity index (χ0n) is 8.47. The monoisotopic (exact) mass is 253 g/mol. The highest BCUT2D eigenvalue weighted by Crippen LogP contribution is 2.30. The van der Waals surface area contributed by atoms with E-state index in [2.05, 4.69) is 39.6 Å². The molecule has 1 heterocycles. The van der Waals surface area contributed by atoms with Crippen molar-refractivity contribution in [2.45, 2.75) is 6.92 Å². The fourth-order valence-corrected chi connectivity index (χ4v) is 2.11. The number of ether oxygens (including phenoxy) is 1. The Kier molecular flexibility index (Phi) is 2.27. The topological polar surface area (TPSA) is 14.2 Å². The average Bonchev–Trinajstić information content (AvgIpc) is 2.44. The predicted molar refractivity (Wildman–Crippen MR) is 61.9 cm³/mol. The highest BCUT2D eigenvalue weighted by Gasteiger charge is 2.09. The summed E-state index contributed by atoms with van der Waals surface area (Å²) in [5, 5.41) is 1.23. The first-order valence-electron chi connectivity index (χ1n) is 4.43. The summed E-state index contributed by atoms with van der Waals surface area (Å²) in [5.74, 6) is 0.902. The van der Waals surface area contributed by atoms with Gasteiger partial charge < -0.3 is 9.30 Å². The molecule has 0 spiro atoms. The first-order valence-corrected chi connectivity index (χ1v) is 5.23. The van der Waals surface area contributed by atoms with Crippen molar-refractivity contribution in [3.8, 4) is 5.75 Å². The van der Waals surface area contributed by atoms with E-state index in [1.807, 2.05) is 13.1 Å². The van der Waals surface area contributed by atoms with Crippen molar-refractivity contribution >= 4 is 26.8 Å². The van der Waals surface area contributed by atoms with Crippen LogP contribution in [0, 0.1) is 6.92 Å². The third-order valence-corrected chi connectivity index (χ3v) is 3.70. The van der Waals surface area contributed by atoms with E-state index in [1.165, 1.54) is 16.5 Å². The Hall–Kier alpha value is -0.960. The zero-order valence-corrected chi connectivity index (χ0v) is 10.1. The van der Waals surface area contributed by atoms with E-state index in [0.29, 0.717) is 0 Å². The minimum absolute atomic E-state index is 0.902. The molecule has 0 fully saturated rings. The van der Waals surface area contributed by atoms with E-state index < -0.39 is 0 Å². The van der Waals surface area contributed by atoms with E-state index in [9.17, 15) is 0 Å². The van der Waals surface area contributed by atoms with E-state index in [4.69, 9.17) is 4.74 Å². The van der Waals surface area contributed by atoms with Crippen molar-refractivity contribution in [1.29, 1.82) is 0 Å². The van der Waals surface area contributed by atoms with Gasteiger partial charge in [-0.15, -0.1) is 0 Å². The molecule has 2 aromatic rings. The number of nitrogens with zero attached hydrogens (tertiary/aromatic N) is 1. The summed E-state index contributed by atoms with van der Waals surface area (Å²) in [5.41, 5.74) is 2.47. The lowest BCUT2D eigenvalue weighted by atomic mass is 10.2. The Morgan fingerprint density at radius 3 is 2.71 bits per heavy atom. The Labute approximate surface area is 91.6 Å². The molecule has 14 heavy (non-hydrogen) atoms. The van der Waals surface area contributed by atoms with Crippen molar-refractivity contribution in [3.05, 3.63) is 28.4 Å². The quantitative estimate of drug-likeness (QED) is 0.761. The van der Waals surface area contributed by atoms with Gasteiger partial charge in [0.05, 0.1) is 11.7 Å². The summed E-state index contributed by atoms with van der Waals surface area (Å²) in [6.45, 7) is 2.10. The van der Waals surface area contributed by atoms with Gasteiger partial charge in [-0.05, 0) is 46.6 Å². The molecule has 1 aromatic carbocycles. The van der Waals surface area contributed by atoms with Crippen molar-refractivity contribution in [2.75, 3.05) is 7.11 Å². The second-order valence-corrected chi connectivity index (χ2v) is 4.11. The molecule has 0 N–H and O–H groups in total. The van der Waals surface area contributed by atoms with Crippen LogP contribution in [-0.4, -0.2) is 11.7 Å². The van der Waals surface area contributed by atoms with Crippen LogP contribution in [0.15, 0.2) is 22.8 Å². The van der Waals surface area contributed by atoms with Crippen LogP contribution in [0.3, 0.4) is 0 Å². The predicted octanol–water partition coefficient (Wildman–Crippen LogP) is 3.26. The molecule has 0 amide bonds. The van der Waals surface area contributed by atoms with Crippen molar-refractivity contribution in [1.82, 2.24) is 4.57 Å². The zero-order chi connectivity index (χ0) is 10.3. The number of benzene rings is 1. The lowest BCUT2D eigenvalue weighted by Crippen LogP contribution is -1.87. The summed E-state index contributed by atoms with van der Waals surface area (Å²) in [7, 11) is 3.74. The van der Waals surface area contributed by atoms with Gasteiger partial charge in [0.25, 0.3) is 0 Å². The molecule has 0 bridgehead atoms. The molecule has 0 radical (unpaired) electrons. The summed E-state index contributed by atoms with van der Waals surface area (Å²) in [6.07, 6.45) is 0. The van der Waals surface area contributed by atoms with Crippen LogP contribution in [-0.2, 0) is 7.05 Å². The van der Waals surface area contributed by atoms with Crippen LogP contribution in [0.5, 0.6) is 5.75 Å². The van der Waals surface area contributed by atoms with Gasteiger partial charge in [-0.1, -0.05) is 0 Å². The molecule has 3 heteroatoms. The van der Waals surface area contributed by atoms with Gasteiger partial charge in [0.2, 0.25) is 0 Å². The number of fused-ring (bicyclic) bond motifs is 1. The fourth-order valence-electron chi connectivity index (χ4n) is 1.70. The van der Waals surface area contributed by atoms with Gasteiger partial charge in [0, 0.05) is 18.0 Å². The lowest BCUT2D eigenvalue weighted by Gasteiger charge is -2.00. The van der Waals surface area contributed by atoms with Crippen LogP contribution >= 0.6 is 15.9 Å². The largest absolute Gasteiger partial charge is 0.497 e. The van der Waals surface area contributed by atoms with E-state index in [0.717, 1.165) is 10.4 Å². The van der Waals surface area contributed by atoms with Crippen LogP contribution in [0.4, 0.5) is 0 Å². The van der Waals surface area contributed by atoms with Crippen LogP contribution in [0.1, 0.15) is 5.56 Å².